The normalized spacial score (nSPS) is 11.4. The molecule has 0 atom stereocenters. The zero-order valence-corrected chi connectivity index (χ0v) is 19.0. The molecule has 0 saturated carbocycles. The monoisotopic (exact) mass is 460 g/mol. The van der Waals surface area contributed by atoms with Crippen LogP contribution in [0, 0.1) is 12.7 Å². The fraction of sp³-hybridized carbons (Fsp3) is 0.318. The molecule has 170 valence electrons. The van der Waals surface area contributed by atoms with Gasteiger partial charge in [-0.2, -0.15) is 4.98 Å². The SMILES string of the molecule is Cc1ccccc1-c1noc(CN(C)C(=O)CCCN(c2ccccc2F)S(C)(=O)=O)n1. The Balaban J connectivity index is 1.58. The van der Waals surface area contributed by atoms with Gasteiger partial charge in [0.05, 0.1) is 18.5 Å². The molecule has 0 bridgehead atoms. The van der Waals surface area contributed by atoms with Crippen LogP contribution in [-0.4, -0.2) is 49.2 Å². The van der Waals surface area contributed by atoms with Crippen molar-refractivity contribution in [2.24, 2.45) is 0 Å². The lowest BCUT2D eigenvalue weighted by atomic mass is 10.1. The highest BCUT2D eigenvalue weighted by atomic mass is 32.2. The molecule has 0 aliphatic rings. The third kappa shape index (κ3) is 5.70. The Bertz CT molecular complexity index is 1200. The van der Waals surface area contributed by atoms with Crippen LogP contribution >= 0.6 is 0 Å². The Morgan fingerprint density at radius 1 is 1.12 bits per heavy atom. The maximum absolute atomic E-state index is 14.1. The second-order valence-corrected chi connectivity index (χ2v) is 9.37. The predicted octanol–water partition coefficient (Wildman–Crippen LogP) is 3.39. The van der Waals surface area contributed by atoms with Gasteiger partial charge in [-0.05, 0) is 31.0 Å². The number of amides is 1. The molecular weight excluding hydrogens is 435 g/mol. The summed E-state index contributed by atoms with van der Waals surface area (Å²) in [5, 5.41) is 3.98. The Morgan fingerprint density at radius 3 is 2.50 bits per heavy atom. The first-order chi connectivity index (χ1) is 15.2. The molecule has 10 heteroatoms. The minimum Gasteiger partial charge on any atom is -0.337 e. The zero-order valence-electron chi connectivity index (χ0n) is 18.2. The van der Waals surface area contributed by atoms with Crippen LogP contribution in [0.1, 0.15) is 24.3 Å². The Kier molecular flexibility index (Phi) is 7.24. The van der Waals surface area contributed by atoms with Crippen LogP contribution < -0.4 is 4.31 Å². The number of para-hydroxylation sites is 1. The number of anilines is 1. The number of aryl methyl sites for hydroxylation is 1. The van der Waals surface area contributed by atoms with Crippen LogP contribution in [0.5, 0.6) is 0 Å². The Morgan fingerprint density at radius 2 is 1.81 bits per heavy atom. The predicted molar refractivity (Wildman–Crippen MR) is 119 cm³/mol. The second kappa shape index (κ2) is 9.90. The summed E-state index contributed by atoms with van der Waals surface area (Å²) in [6.07, 6.45) is 1.31. The molecule has 1 amide bonds. The van der Waals surface area contributed by atoms with E-state index in [0.717, 1.165) is 21.7 Å². The van der Waals surface area contributed by atoms with Gasteiger partial charge in [0.25, 0.3) is 0 Å². The maximum Gasteiger partial charge on any atom is 0.246 e. The number of hydrogen-bond donors (Lipinski definition) is 0. The van der Waals surface area contributed by atoms with Gasteiger partial charge in [0.1, 0.15) is 5.82 Å². The highest BCUT2D eigenvalue weighted by Crippen LogP contribution is 2.22. The van der Waals surface area contributed by atoms with E-state index in [9.17, 15) is 17.6 Å². The van der Waals surface area contributed by atoms with Crippen LogP contribution in [0.4, 0.5) is 10.1 Å². The van der Waals surface area contributed by atoms with Gasteiger partial charge >= 0.3 is 0 Å². The van der Waals surface area contributed by atoms with E-state index in [1.165, 1.54) is 23.1 Å². The van der Waals surface area contributed by atoms with Crippen LogP contribution in [0.3, 0.4) is 0 Å². The molecule has 0 unspecified atom stereocenters. The molecule has 0 radical (unpaired) electrons. The van der Waals surface area contributed by atoms with Crippen molar-refractivity contribution in [3.8, 4) is 11.4 Å². The van der Waals surface area contributed by atoms with Crippen molar-refractivity contribution >= 4 is 21.6 Å². The Labute approximate surface area is 186 Å². The molecule has 0 aliphatic carbocycles. The van der Waals surface area contributed by atoms with Gasteiger partial charge in [0.15, 0.2) is 0 Å². The highest BCUT2D eigenvalue weighted by molar-refractivity contribution is 7.92. The summed E-state index contributed by atoms with van der Waals surface area (Å²) in [4.78, 5) is 18.3. The number of rotatable bonds is 9. The fourth-order valence-corrected chi connectivity index (χ4v) is 4.19. The van der Waals surface area contributed by atoms with Crippen LogP contribution in [0.2, 0.25) is 0 Å². The van der Waals surface area contributed by atoms with E-state index < -0.39 is 15.8 Å². The van der Waals surface area contributed by atoms with E-state index in [1.54, 1.807) is 13.1 Å². The third-order valence-electron chi connectivity index (χ3n) is 4.93. The van der Waals surface area contributed by atoms with Crippen molar-refractivity contribution < 1.29 is 22.1 Å². The van der Waals surface area contributed by atoms with Gasteiger partial charge in [-0.25, -0.2) is 12.8 Å². The smallest absolute Gasteiger partial charge is 0.246 e. The fourth-order valence-electron chi connectivity index (χ4n) is 3.23. The summed E-state index contributed by atoms with van der Waals surface area (Å²) < 4.78 is 44.5. The lowest BCUT2D eigenvalue weighted by Gasteiger charge is -2.23. The molecule has 3 aromatic rings. The standard InChI is InChI=1S/C22H25FN4O4S/c1-16-9-4-5-10-17(16)22-24-20(31-25-22)15-26(2)21(28)13-8-14-27(32(3,29)30)19-12-7-6-11-18(19)23/h4-7,9-12H,8,13-15H2,1-3H3. The first-order valence-electron chi connectivity index (χ1n) is 10.0. The molecule has 0 aliphatic heterocycles. The van der Waals surface area contributed by atoms with Gasteiger partial charge in [-0.3, -0.25) is 9.10 Å². The lowest BCUT2D eigenvalue weighted by Crippen LogP contribution is -2.33. The summed E-state index contributed by atoms with van der Waals surface area (Å²) >= 11 is 0. The number of nitrogens with zero attached hydrogens (tertiary/aromatic N) is 4. The van der Waals surface area contributed by atoms with Crippen molar-refractivity contribution in [2.45, 2.75) is 26.3 Å². The summed E-state index contributed by atoms with van der Waals surface area (Å²) in [6.45, 7) is 2.06. The number of carbonyl (C=O) groups excluding carboxylic acids is 1. The van der Waals surface area contributed by atoms with E-state index in [2.05, 4.69) is 10.1 Å². The number of aromatic nitrogens is 2. The van der Waals surface area contributed by atoms with Gasteiger partial charge in [-0.1, -0.05) is 41.6 Å². The van der Waals surface area contributed by atoms with E-state index in [4.69, 9.17) is 4.52 Å². The molecule has 0 fully saturated rings. The maximum atomic E-state index is 14.1. The van der Waals surface area contributed by atoms with Crippen LogP contribution in [0.15, 0.2) is 53.1 Å². The number of benzene rings is 2. The van der Waals surface area contributed by atoms with Crippen molar-refractivity contribution in [2.75, 3.05) is 24.2 Å². The molecule has 1 heterocycles. The molecular formula is C22H25FN4O4S. The molecule has 0 spiro atoms. The van der Waals surface area contributed by atoms with E-state index >= 15 is 0 Å². The average Bonchev–Trinajstić information content (AvgIpc) is 3.19. The average molecular weight is 461 g/mol. The first kappa shape index (κ1) is 23.4. The summed E-state index contributed by atoms with van der Waals surface area (Å²) in [5.74, 6) is -0.110. The van der Waals surface area contributed by atoms with Crippen molar-refractivity contribution in [1.82, 2.24) is 15.0 Å². The number of sulfonamides is 1. The molecule has 3 rings (SSSR count). The van der Waals surface area contributed by atoms with E-state index in [1.807, 2.05) is 31.2 Å². The third-order valence-corrected chi connectivity index (χ3v) is 6.11. The minimum atomic E-state index is -3.70. The molecule has 2 aromatic carbocycles. The van der Waals surface area contributed by atoms with Gasteiger partial charge < -0.3 is 9.42 Å². The summed E-state index contributed by atoms with van der Waals surface area (Å²) in [5.41, 5.74) is 1.82. The second-order valence-electron chi connectivity index (χ2n) is 7.47. The van der Waals surface area contributed by atoms with E-state index in [0.29, 0.717) is 11.7 Å². The number of halogens is 1. The van der Waals surface area contributed by atoms with Crippen LogP contribution in [0.25, 0.3) is 11.4 Å². The number of carbonyl (C=O) groups is 1. The van der Waals surface area contributed by atoms with Crippen molar-refractivity contribution in [3.05, 3.63) is 65.8 Å². The van der Waals surface area contributed by atoms with Crippen molar-refractivity contribution in [3.63, 3.8) is 0 Å². The molecule has 0 N–H and O–H groups in total. The largest absolute Gasteiger partial charge is 0.337 e. The topological polar surface area (TPSA) is 96.6 Å². The molecule has 8 nitrogen and oxygen atoms in total. The van der Waals surface area contributed by atoms with Gasteiger partial charge in [0.2, 0.25) is 27.6 Å². The van der Waals surface area contributed by atoms with Gasteiger partial charge in [0, 0.05) is 25.6 Å². The quantitative estimate of drug-likeness (QED) is 0.486. The first-order valence-corrected chi connectivity index (χ1v) is 11.9. The van der Waals surface area contributed by atoms with Gasteiger partial charge in [-0.15, -0.1) is 0 Å². The van der Waals surface area contributed by atoms with Crippen molar-refractivity contribution in [1.29, 1.82) is 0 Å². The van der Waals surface area contributed by atoms with E-state index in [-0.39, 0.29) is 37.5 Å². The van der Waals surface area contributed by atoms with Crippen LogP contribution in [-0.2, 0) is 21.4 Å². The molecule has 1 aromatic heterocycles. The highest BCUT2D eigenvalue weighted by Gasteiger charge is 2.21. The Hall–Kier alpha value is -3.27. The number of hydrogen-bond acceptors (Lipinski definition) is 6. The summed E-state index contributed by atoms with van der Waals surface area (Å²) in [7, 11) is -2.10. The summed E-state index contributed by atoms with van der Waals surface area (Å²) in [6, 6.07) is 13.3. The molecule has 32 heavy (non-hydrogen) atoms. The molecule has 0 saturated heterocycles. The lowest BCUT2D eigenvalue weighted by molar-refractivity contribution is -0.130. The zero-order chi connectivity index (χ0) is 23.3. The minimum absolute atomic E-state index is 0.0165.